The third kappa shape index (κ3) is 2.09. The number of benzene rings is 2. The molecule has 1 fully saturated rings. The number of aliphatic hydroxyl groups is 1. The van der Waals surface area contributed by atoms with E-state index in [1.165, 1.54) is 0 Å². The van der Waals surface area contributed by atoms with Gasteiger partial charge < -0.3 is 9.84 Å². The summed E-state index contributed by atoms with van der Waals surface area (Å²) in [7, 11) is 0. The molecule has 17 heavy (non-hydrogen) atoms. The highest BCUT2D eigenvalue weighted by atomic mass is 16.6. The van der Waals surface area contributed by atoms with Gasteiger partial charge in [0, 0.05) is 0 Å². The summed E-state index contributed by atoms with van der Waals surface area (Å²) < 4.78 is 5.57. The van der Waals surface area contributed by atoms with Crippen LogP contribution in [-0.2, 0) is 4.74 Å². The van der Waals surface area contributed by atoms with Crippen molar-refractivity contribution in [2.45, 2.75) is 18.3 Å². The van der Waals surface area contributed by atoms with Crippen LogP contribution < -0.4 is 0 Å². The number of ether oxygens (including phenoxy) is 1. The lowest BCUT2D eigenvalue weighted by Crippen LogP contribution is -2.05. The van der Waals surface area contributed by atoms with Crippen LogP contribution in [0.5, 0.6) is 0 Å². The Morgan fingerprint density at radius 3 is 2.12 bits per heavy atom. The van der Waals surface area contributed by atoms with Gasteiger partial charge in [-0.05, 0) is 11.1 Å². The summed E-state index contributed by atoms with van der Waals surface area (Å²) in [5.74, 6) is 0. The largest absolute Gasteiger partial charge is 0.386 e. The highest BCUT2D eigenvalue weighted by Crippen LogP contribution is 2.45. The fourth-order valence-corrected chi connectivity index (χ4v) is 2.11. The molecule has 3 atom stereocenters. The second kappa shape index (κ2) is 4.32. The van der Waals surface area contributed by atoms with Crippen LogP contribution in [-0.4, -0.2) is 11.2 Å². The minimum atomic E-state index is -0.540. The van der Waals surface area contributed by atoms with Gasteiger partial charge in [0.05, 0.1) is 0 Å². The van der Waals surface area contributed by atoms with E-state index in [2.05, 4.69) is 0 Å². The molecule has 2 aromatic rings. The highest BCUT2D eigenvalue weighted by Gasteiger charge is 2.45. The second-order valence-electron chi connectivity index (χ2n) is 4.29. The number of aliphatic hydroxyl groups excluding tert-OH is 1. The van der Waals surface area contributed by atoms with Crippen LogP contribution in [0, 0.1) is 0 Å². The van der Waals surface area contributed by atoms with Gasteiger partial charge in [0.2, 0.25) is 0 Å². The lowest BCUT2D eigenvalue weighted by molar-refractivity contribution is 0.137. The maximum atomic E-state index is 10.2. The van der Waals surface area contributed by atoms with Gasteiger partial charge in [-0.3, -0.25) is 0 Å². The van der Waals surface area contributed by atoms with Gasteiger partial charge in [-0.2, -0.15) is 0 Å². The van der Waals surface area contributed by atoms with Gasteiger partial charge in [0.25, 0.3) is 0 Å². The Bertz CT molecular complexity index is 481. The Labute approximate surface area is 100 Å². The monoisotopic (exact) mass is 226 g/mol. The van der Waals surface area contributed by atoms with Crippen molar-refractivity contribution in [3.05, 3.63) is 71.8 Å². The molecule has 2 aromatic carbocycles. The molecule has 1 aliphatic rings. The van der Waals surface area contributed by atoms with E-state index in [0.29, 0.717) is 0 Å². The molecule has 1 N–H and O–H groups in total. The number of rotatable bonds is 3. The zero-order valence-corrected chi connectivity index (χ0v) is 9.36. The molecule has 0 aliphatic carbocycles. The van der Waals surface area contributed by atoms with E-state index in [-0.39, 0.29) is 12.2 Å². The van der Waals surface area contributed by atoms with Crippen LogP contribution in [0.1, 0.15) is 23.3 Å². The van der Waals surface area contributed by atoms with Crippen molar-refractivity contribution in [1.82, 2.24) is 0 Å². The van der Waals surface area contributed by atoms with Crippen LogP contribution in [0.25, 0.3) is 0 Å². The van der Waals surface area contributed by atoms with Crippen molar-refractivity contribution >= 4 is 0 Å². The van der Waals surface area contributed by atoms with Crippen LogP contribution >= 0.6 is 0 Å². The number of hydrogen-bond donors (Lipinski definition) is 1. The van der Waals surface area contributed by atoms with Crippen LogP contribution in [0.2, 0.25) is 0 Å². The highest BCUT2D eigenvalue weighted by molar-refractivity contribution is 5.26. The zero-order chi connectivity index (χ0) is 11.7. The first-order valence-electron chi connectivity index (χ1n) is 5.79. The number of hydrogen-bond acceptors (Lipinski definition) is 2. The summed E-state index contributed by atoms with van der Waals surface area (Å²) in [5.41, 5.74) is 2.04. The third-order valence-corrected chi connectivity index (χ3v) is 3.11. The number of epoxide rings is 1. The Hall–Kier alpha value is -1.64. The van der Waals surface area contributed by atoms with Gasteiger partial charge in [0.1, 0.15) is 18.3 Å². The van der Waals surface area contributed by atoms with Crippen LogP contribution in [0.15, 0.2) is 60.7 Å². The van der Waals surface area contributed by atoms with E-state index in [0.717, 1.165) is 11.1 Å². The first-order chi connectivity index (χ1) is 8.36. The molecule has 2 unspecified atom stereocenters. The third-order valence-electron chi connectivity index (χ3n) is 3.11. The second-order valence-corrected chi connectivity index (χ2v) is 4.29. The van der Waals surface area contributed by atoms with Crippen molar-refractivity contribution in [1.29, 1.82) is 0 Å². The maximum absolute atomic E-state index is 10.2. The first-order valence-corrected chi connectivity index (χ1v) is 5.79. The quantitative estimate of drug-likeness (QED) is 0.816. The van der Waals surface area contributed by atoms with E-state index in [4.69, 9.17) is 4.74 Å². The summed E-state index contributed by atoms with van der Waals surface area (Å²) in [6, 6.07) is 19.7. The van der Waals surface area contributed by atoms with E-state index in [9.17, 15) is 5.11 Å². The van der Waals surface area contributed by atoms with Gasteiger partial charge in [-0.15, -0.1) is 0 Å². The molecule has 0 aromatic heterocycles. The minimum Gasteiger partial charge on any atom is -0.386 e. The fourth-order valence-electron chi connectivity index (χ4n) is 2.11. The Kier molecular flexibility index (Phi) is 2.67. The molecule has 0 radical (unpaired) electrons. The van der Waals surface area contributed by atoms with Crippen LogP contribution in [0.3, 0.4) is 0 Å². The van der Waals surface area contributed by atoms with E-state index >= 15 is 0 Å². The molecule has 0 amide bonds. The summed E-state index contributed by atoms with van der Waals surface area (Å²) in [6.45, 7) is 0. The zero-order valence-electron chi connectivity index (χ0n) is 9.36. The topological polar surface area (TPSA) is 32.8 Å². The fraction of sp³-hybridized carbons (Fsp3) is 0.200. The molecule has 1 aliphatic heterocycles. The van der Waals surface area contributed by atoms with Crippen molar-refractivity contribution in [2.75, 3.05) is 0 Å². The van der Waals surface area contributed by atoms with E-state index in [1.807, 2.05) is 60.7 Å². The molecule has 0 saturated carbocycles. The first kappa shape index (κ1) is 10.5. The van der Waals surface area contributed by atoms with E-state index < -0.39 is 6.10 Å². The van der Waals surface area contributed by atoms with Crippen molar-refractivity contribution < 1.29 is 9.84 Å². The van der Waals surface area contributed by atoms with Gasteiger partial charge in [-0.25, -0.2) is 0 Å². The molecular formula is C15H14O2. The molecule has 86 valence electrons. The lowest BCUT2D eigenvalue weighted by Gasteiger charge is -2.07. The van der Waals surface area contributed by atoms with E-state index in [1.54, 1.807) is 0 Å². The molecule has 1 saturated heterocycles. The average molecular weight is 226 g/mol. The van der Waals surface area contributed by atoms with Gasteiger partial charge in [0.15, 0.2) is 0 Å². The molecule has 2 heteroatoms. The standard InChI is InChI=1S/C15H14O2/c16-13(11-7-3-1-4-8-11)15-14(17-15)12-9-5-2-6-10-12/h1-10,13-16H/t13-,14?,15?/m0/s1. The summed E-state index contributed by atoms with van der Waals surface area (Å²) >= 11 is 0. The van der Waals surface area contributed by atoms with Gasteiger partial charge >= 0.3 is 0 Å². The minimum absolute atomic E-state index is 0.0337. The molecular weight excluding hydrogens is 212 g/mol. The summed E-state index contributed by atoms with van der Waals surface area (Å²) in [6.07, 6.45) is -0.618. The van der Waals surface area contributed by atoms with Crippen molar-refractivity contribution in [2.24, 2.45) is 0 Å². The SMILES string of the molecule is O[C@@H](c1ccccc1)C1OC1c1ccccc1. The Morgan fingerprint density at radius 2 is 1.47 bits per heavy atom. The lowest BCUT2D eigenvalue weighted by atomic mass is 10.0. The van der Waals surface area contributed by atoms with Crippen LogP contribution in [0.4, 0.5) is 0 Å². The average Bonchev–Trinajstić information content (AvgIpc) is 3.20. The normalized spacial score (nSPS) is 24.3. The van der Waals surface area contributed by atoms with Gasteiger partial charge in [-0.1, -0.05) is 60.7 Å². The predicted octanol–water partition coefficient (Wildman–Crippen LogP) is 2.86. The Morgan fingerprint density at radius 1 is 0.882 bits per heavy atom. The molecule has 1 heterocycles. The predicted molar refractivity (Wildman–Crippen MR) is 65.5 cm³/mol. The molecule has 0 bridgehead atoms. The smallest absolute Gasteiger partial charge is 0.119 e. The molecule has 2 nitrogen and oxygen atoms in total. The summed E-state index contributed by atoms with van der Waals surface area (Å²) in [5, 5.41) is 10.2. The maximum Gasteiger partial charge on any atom is 0.119 e. The van der Waals surface area contributed by atoms with Crippen molar-refractivity contribution in [3.8, 4) is 0 Å². The summed E-state index contributed by atoms with van der Waals surface area (Å²) in [4.78, 5) is 0. The van der Waals surface area contributed by atoms with Crippen molar-refractivity contribution in [3.63, 3.8) is 0 Å². The molecule has 0 spiro atoms. The molecule has 3 rings (SSSR count). The Balaban J connectivity index is 1.73.